The van der Waals surface area contributed by atoms with Gasteiger partial charge in [-0.25, -0.2) is 9.36 Å². The Hall–Kier alpha value is -1.72. The molecule has 0 unspecified atom stereocenters. The number of fused-ring (bicyclic) bond motifs is 1. The number of aryl methyl sites for hydroxylation is 1. The SMILES string of the molecule is Cc1ccc(C[n+]2cc(C3SCCCS3)c(=O)n3ccccc32)cc1. The number of pyridine rings is 1. The number of thioether (sulfide) groups is 2. The van der Waals surface area contributed by atoms with Crippen LogP contribution in [0.5, 0.6) is 0 Å². The van der Waals surface area contributed by atoms with Crippen molar-refractivity contribution >= 4 is 29.2 Å². The molecule has 25 heavy (non-hydrogen) atoms. The summed E-state index contributed by atoms with van der Waals surface area (Å²) >= 11 is 3.78. The van der Waals surface area contributed by atoms with Crippen molar-refractivity contribution in [1.29, 1.82) is 0 Å². The largest absolute Gasteiger partial charge is 0.347 e. The molecule has 0 atom stereocenters. The maximum absolute atomic E-state index is 13.0. The zero-order chi connectivity index (χ0) is 17.2. The van der Waals surface area contributed by atoms with Gasteiger partial charge in [-0.3, -0.25) is 0 Å². The van der Waals surface area contributed by atoms with Crippen molar-refractivity contribution in [1.82, 2.24) is 4.40 Å². The van der Waals surface area contributed by atoms with Crippen molar-refractivity contribution < 1.29 is 4.57 Å². The van der Waals surface area contributed by atoms with Crippen molar-refractivity contribution in [3.63, 3.8) is 0 Å². The van der Waals surface area contributed by atoms with E-state index in [-0.39, 0.29) is 10.1 Å². The van der Waals surface area contributed by atoms with Gasteiger partial charge in [-0.15, -0.1) is 23.5 Å². The second-order valence-corrected chi connectivity index (χ2v) is 9.08. The second kappa shape index (κ2) is 7.26. The highest BCUT2D eigenvalue weighted by molar-refractivity contribution is 8.16. The molecule has 0 N–H and O–H groups in total. The van der Waals surface area contributed by atoms with Gasteiger partial charge < -0.3 is 0 Å². The van der Waals surface area contributed by atoms with Crippen LogP contribution in [0.2, 0.25) is 0 Å². The highest BCUT2D eigenvalue weighted by atomic mass is 32.2. The molecule has 3 aromatic rings. The van der Waals surface area contributed by atoms with Crippen LogP contribution in [0.4, 0.5) is 0 Å². The number of hydrogen-bond donors (Lipinski definition) is 0. The highest BCUT2D eigenvalue weighted by Crippen LogP contribution is 2.42. The lowest BCUT2D eigenvalue weighted by atomic mass is 10.1. The van der Waals surface area contributed by atoms with Gasteiger partial charge in [0.2, 0.25) is 0 Å². The maximum Gasteiger partial charge on any atom is 0.347 e. The summed E-state index contributed by atoms with van der Waals surface area (Å²) in [6, 6.07) is 14.5. The number of nitrogens with zero attached hydrogens (tertiary/aromatic N) is 2. The van der Waals surface area contributed by atoms with E-state index in [2.05, 4.69) is 42.0 Å². The van der Waals surface area contributed by atoms with E-state index in [0.717, 1.165) is 29.3 Å². The minimum absolute atomic E-state index is 0.114. The molecule has 1 aliphatic heterocycles. The van der Waals surface area contributed by atoms with Gasteiger partial charge in [-0.2, -0.15) is 4.40 Å². The summed E-state index contributed by atoms with van der Waals surface area (Å²) in [6.45, 7) is 2.87. The molecule has 0 saturated carbocycles. The van der Waals surface area contributed by atoms with Crippen LogP contribution in [0.25, 0.3) is 5.65 Å². The lowest BCUT2D eigenvalue weighted by Crippen LogP contribution is -2.41. The van der Waals surface area contributed by atoms with Crippen LogP contribution in [-0.4, -0.2) is 15.9 Å². The number of benzene rings is 1. The summed E-state index contributed by atoms with van der Waals surface area (Å²) in [5.41, 5.74) is 4.46. The average molecular weight is 370 g/mol. The van der Waals surface area contributed by atoms with E-state index in [1.165, 1.54) is 17.5 Å². The molecule has 1 aromatic carbocycles. The Morgan fingerprint density at radius 1 is 1.12 bits per heavy atom. The van der Waals surface area contributed by atoms with Crippen LogP contribution in [0.1, 0.15) is 27.7 Å². The second-order valence-electron chi connectivity index (χ2n) is 6.36. The molecule has 4 rings (SSSR count). The standard InChI is InChI=1S/C20H21N2OS2/c1-15-6-8-16(9-7-15)13-21-14-17(20-24-11-4-12-25-20)19(23)22-10-3-2-5-18(21)22/h2-3,5-10,14,20H,4,11-13H2,1H3/q+1. The molecular formula is C20H21N2OS2+. The first-order valence-electron chi connectivity index (χ1n) is 8.55. The maximum atomic E-state index is 13.0. The third kappa shape index (κ3) is 3.48. The Labute approximate surface area is 156 Å². The lowest BCUT2D eigenvalue weighted by Gasteiger charge is -2.20. The Morgan fingerprint density at radius 3 is 2.64 bits per heavy atom. The number of rotatable bonds is 3. The minimum Gasteiger partial charge on any atom is -0.240 e. The van der Waals surface area contributed by atoms with E-state index in [4.69, 9.17) is 0 Å². The first kappa shape index (κ1) is 16.7. The fourth-order valence-corrected chi connectivity index (χ4v) is 5.99. The topological polar surface area (TPSA) is 25.4 Å². The number of hydrogen-bond acceptors (Lipinski definition) is 3. The van der Waals surface area contributed by atoms with Crippen molar-refractivity contribution in [2.24, 2.45) is 0 Å². The molecule has 128 valence electrons. The highest BCUT2D eigenvalue weighted by Gasteiger charge is 2.25. The first-order chi connectivity index (χ1) is 12.2. The van der Waals surface area contributed by atoms with Gasteiger partial charge in [0.15, 0.2) is 0 Å². The van der Waals surface area contributed by atoms with Gasteiger partial charge in [0, 0.05) is 6.07 Å². The third-order valence-corrected chi connectivity index (χ3v) is 7.43. The summed E-state index contributed by atoms with van der Waals surface area (Å²) in [6.07, 6.45) is 5.18. The summed E-state index contributed by atoms with van der Waals surface area (Å²) in [4.78, 5) is 13.0. The summed E-state index contributed by atoms with van der Waals surface area (Å²) in [7, 11) is 0. The molecule has 0 bridgehead atoms. The zero-order valence-corrected chi connectivity index (χ0v) is 15.9. The van der Waals surface area contributed by atoms with Gasteiger partial charge >= 0.3 is 5.56 Å². The van der Waals surface area contributed by atoms with Crippen LogP contribution in [0.3, 0.4) is 0 Å². The van der Waals surface area contributed by atoms with E-state index in [0.29, 0.717) is 0 Å². The van der Waals surface area contributed by atoms with Gasteiger partial charge in [-0.1, -0.05) is 35.9 Å². The normalized spacial score (nSPS) is 15.6. The van der Waals surface area contributed by atoms with Gasteiger partial charge in [0.05, 0.1) is 10.8 Å². The summed E-state index contributed by atoms with van der Waals surface area (Å²) in [5, 5.41) is 0. The smallest absolute Gasteiger partial charge is 0.240 e. The molecule has 1 saturated heterocycles. The van der Waals surface area contributed by atoms with E-state index >= 15 is 0 Å². The van der Waals surface area contributed by atoms with Crippen LogP contribution in [0.15, 0.2) is 59.7 Å². The molecule has 5 heteroatoms. The van der Waals surface area contributed by atoms with Crippen molar-refractivity contribution in [2.75, 3.05) is 11.5 Å². The van der Waals surface area contributed by atoms with E-state index in [1.54, 1.807) is 4.40 Å². The Bertz CT molecular complexity index is 944. The van der Waals surface area contributed by atoms with Crippen LogP contribution in [-0.2, 0) is 6.54 Å². The predicted molar refractivity (Wildman–Crippen MR) is 106 cm³/mol. The first-order valence-corrected chi connectivity index (χ1v) is 10.6. The fraction of sp³-hybridized carbons (Fsp3) is 0.300. The van der Waals surface area contributed by atoms with Crippen LogP contribution < -0.4 is 10.1 Å². The number of aromatic nitrogens is 2. The Balaban J connectivity index is 1.82. The monoisotopic (exact) mass is 369 g/mol. The molecule has 1 fully saturated rings. The van der Waals surface area contributed by atoms with Crippen LogP contribution in [0, 0.1) is 6.92 Å². The van der Waals surface area contributed by atoms with Gasteiger partial charge in [0.25, 0.3) is 5.65 Å². The summed E-state index contributed by atoms with van der Waals surface area (Å²) < 4.78 is 4.23. The Morgan fingerprint density at radius 2 is 1.88 bits per heavy atom. The molecule has 1 aliphatic rings. The van der Waals surface area contributed by atoms with Crippen molar-refractivity contribution in [2.45, 2.75) is 24.5 Å². The van der Waals surface area contributed by atoms with Crippen molar-refractivity contribution in [3.05, 3.63) is 81.9 Å². The van der Waals surface area contributed by atoms with Gasteiger partial charge in [-0.05, 0) is 36.5 Å². The molecule has 3 heterocycles. The Kier molecular flexibility index (Phi) is 4.86. The molecule has 0 radical (unpaired) electrons. The van der Waals surface area contributed by atoms with Gasteiger partial charge in [0.1, 0.15) is 18.3 Å². The van der Waals surface area contributed by atoms with Crippen LogP contribution >= 0.6 is 23.5 Å². The van der Waals surface area contributed by atoms with E-state index < -0.39 is 0 Å². The van der Waals surface area contributed by atoms with E-state index in [9.17, 15) is 4.79 Å². The zero-order valence-electron chi connectivity index (χ0n) is 14.2. The fourth-order valence-electron chi connectivity index (χ4n) is 3.11. The molecule has 0 amide bonds. The molecule has 2 aromatic heterocycles. The third-order valence-electron chi connectivity index (χ3n) is 4.45. The predicted octanol–water partition coefficient (Wildman–Crippen LogP) is 3.81. The molecule has 0 aliphatic carbocycles. The summed E-state index contributed by atoms with van der Waals surface area (Å²) in [5.74, 6) is 2.26. The van der Waals surface area contributed by atoms with E-state index in [1.807, 2.05) is 47.9 Å². The lowest BCUT2D eigenvalue weighted by molar-refractivity contribution is -0.666. The minimum atomic E-state index is 0.114. The molecule has 3 nitrogen and oxygen atoms in total. The molecule has 0 spiro atoms. The molecular weight excluding hydrogens is 348 g/mol. The average Bonchev–Trinajstić information content (AvgIpc) is 2.66. The quantitative estimate of drug-likeness (QED) is 0.657. The van der Waals surface area contributed by atoms with Crippen molar-refractivity contribution in [3.8, 4) is 0 Å².